The monoisotopic (exact) mass is 409 g/mol. The number of aromatic nitrogens is 3. The zero-order valence-electron chi connectivity index (χ0n) is 16.7. The molecule has 2 heterocycles. The van der Waals surface area contributed by atoms with Gasteiger partial charge in [0.2, 0.25) is 5.88 Å². The first-order chi connectivity index (χ1) is 15.2. The standard InChI is InChI=1S/C25H19N3O3/c1-31-19-14-12-17(13-15-19)21-24(29)26-23-20(16-8-4-2-5-9-16)22(27-28(23)25(21)30)18-10-6-3-7-11-18/h2-15,26,29H,1H3. The van der Waals surface area contributed by atoms with Crippen molar-refractivity contribution in [2.75, 3.05) is 7.11 Å². The normalized spacial score (nSPS) is 11.0. The maximum Gasteiger partial charge on any atom is 0.286 e. The minimum absolute atomic E-state index is 0.150. The van der Waals surface area contributed by atoms with Crippen molar-refractivity contribution in [1.29, 1.82) is 0 Å². The molecule has 0 bridgehead atoms. The topological polar surface area (TPSA) is 79.6 Å². The Labute approximate surface area is 178 Å². The number of hydrogen-bond acceptors (Lipinski definition) is 4. The lowest BCUT2D eigenvalue weighted by molar-refractivity contribution is 0.415. The number of methoxy groups -OCH3 is 1. The molecule has 0 unspecified atom stereocenters. The van der Waals surface area contributed by atoms with Crippen LogP contribution in [0, 0.1) is 0 Å². The average Bonchev–Trinajstić information content (AvgIpc) is 3.20. The lowest BCUT2D eigenvalue weighted by Crippen LogP contribution is -2.17. The summed E-state index contributed by atoms with van der Waals surface area (Å²) in [5.41, 5.74) is 3.93. The molecule has 3 aromatic carbocycles. The predicted octanol–water partition coefficient (Wildman–Crippen LogP) is 4.74. The molecule has 0 aliphatic carbocycles. The van der Waals surface area contributed by atoms with Crippen LogP contribution in [0.3, 0.4) is 0 Å². The maximum atomic E-state index is 13.4. The van der Waals surface area contributed by atoms with E-state index in [1.165, 1.54) is 4.52 Å². The van der Waals surface area contributed by atoms with Gasteiger partial charge in [-0.05, 0) is 23.3 Å². The number of aromatic hydroxyl groups is 1. The van der Waals surface area contributed by atoms with Crippen LogP contribution < -0.4 is 10.3 Å². The number of fused-ring (bicyclic) bond motifs is 1. The summed E-state index contributed by atoms with van der Waals surface area (Å²) in [6.07, 6.45) is 0. The van der Waals surface area contributed by atoms with Crippen LogP contribution in [-0.4, -0.2) is 26.8 Å². The van der Waals surface area contributed by atoms with Crippen molar-refractivity contribution in [3.8, 4) is 45.1 Å². The largest absolute Gasteiger partial charge is 0.497 e. The van der Waals surface area contributed by atoms with E-state index in [1.54, 1.807) is 31.4 Å². The molecule has 2 aromatic heterocycles. The number of benzene rings is 3. The molecular formula is C25H19N3O3. The van der Waals surface area contributed by atoms with E-state index in [0.717, 1.165) is 16.7 Å². The number of nitrogens with zero attached hydrogens (tertiary/aromatic N) is 2. The molecule has 152 valence electrons. The molecule has 0 fully saturated rings. The van der Waals surface area contributed by atoms with E-state index in [9.17, 15) is 9.90 Å². The van der Waals surface area contributed by atoms with Crippen molar-refractivity contribution in [3.63, 3.8) is 0 Å². The molecule has 0 aliphatic rings. The average molecular weight is 409 g/mol. The van der Waals surface area contributed by atoms with Crippen LogP contribution in [0.2, 0.25) is 0 Å². The zero-order chi connectivity index (χ0) is 21.4. The number of rotatable bonds is 4. The highest BCUT2D eigenvalue weighted by molar-refractivity contribution is 5.91. The first-order valence-corrected chi connectivity index (χ1v) is 9.80. The molecule has 0 saturated heterocycles. The molecule has 31 heavy (non-hydrogen) atoms. The molecule has 0 atom stereocenters. The van der Waals surface area contributed by atoms with Crippen LogP contribution in [0.4, 0.5) is 0 Å². The predicted molar refractivity (Wildman–Crippen MR) is 120 cm³/mol. The van der Waals surface area contributed by atoms with Gasteiger partial charge in [-0.3, -0.25) is 4.79 Å². The molecule has 0 radical (unpaired) electrons. The van der Waals surface area contributed by atoms with E-state index in [-0.39, 0.29) is 11.4 Å². The number of hydrogen-bond donors (Lipinski definition) is 2. The van der Waals surface area contributed by atoms with Crippen molar-refractivity contribution in [2.24, 2.45) is 0 Å². The summed E-state index contributed by atoms with van der Waals surface area (Å²) in [5.74, 6) is 0.455. The van der Waals surface area contributed by atoms with Gasteiger partial charge in [-0.15, -0.1) is 0 Å². The minimum atomic E-state index is -0.407. The smallest absolute Gasteiger partial charge is 0.286 e. The summed E-state index contributed by atoms with van der Waals surface area (Å²) in [6.45, 7) is 0. The van der Waals surface area contributed by atoms with Gasteiger partial charge in [0.25, 0.3) is 5.56 Å². The molecule has 0 saturated carbocycles. The molecular weight excluding hydrogens is 390 g/mol. The SMILES string of the molecule is COc1ccc(-c2c(O)[nH]c3c(-c4ccccc4)c(-c4ccccc4)nn3c2=O)cc1. The minimum Gasteiger partial charge on any atom is -0.497 e. The van der Waals surface area contributed by atoms with Gasteiger partial charge in [-0.2, -0.15) is 9.61 Å². The van der Waals surface area contributed by atoms with Crippen molar-refractivity contribution in [2.45, 2.75) is 0 Å². The molecule has 5 aromatic rings. The fourth-order valence-electron chi connectivity index (χ4n) is 3.76. The molecule has 0 amide bonds. The molecule has 2 N–H and O–H groups in total. The van der Waals surface area contributed by atoms with E-state index >= 15 is 0 Å². The summed E-state index contributed by atoms with van der Waals surface area (Å²) in [4.78, 5) is 16.4. The third-order valence-corrected chi connectivity index (χ3v) is 5.25. The molecule has 0 aliphatic heterocycles. The van der Waals surface area contributed by atoms with Crippen LogP contribution in [0.15, 0.2) is 89.7 Å². The highest BCUT2D eigenvalue weighted by atomic mass is 16.5. The molecule has 5 rings (SSSR count). The summed E-state index contributed by atoms with van der Waals surface area (Å²) in [7, 11) is 1.57. The highest BCUT2D eigenvalue weighted by Crippen LogP contribution is 2.35. The third-order valence-electron chi connectivity index (χ3n) is 5.25. The Morgan fingerprint density at radius 3 is 2.00 bits per heavy atom. The Bertz CT molecular complexity index is 1420. The molecule has 6 heteroatoms. The Morgan fingerprint density at radius 2 is 1.39 bits per heavy atom. The van der Waals surface area contributed by atoms with E-state index in [0.29, 0.717) is 22.7 Å². The van der Waals surface area contributed by atoms with Gasteiger partial charge in [0, 0.05) is 5.56 Å². The number of aromatic amines is 1. The van der Waals surface area contributed by atoms with Gasteiger partial charge < -0.3 is 14.8 Å². The van der Waals surface area contributed by atoms with Crippen molar-refractivity contribution < 1.29 is 9.84 Å². The van der Waals surface area contributed by atoms with Crippen molar-refractivity contribution in [1.82, 2.24) is 14.6 Å². The van der Waals surface area contributed by atoms with Gasteiger partial charge in [-0.25, -0.2) is 0 Å². The van der Waals surface area contributed by atoms with Crippen LogP contribution in [0.1, 0.15) is 0 Å². The van der Waals surface area contributed by atoms with E-state index in [4.69, 9.17) is 4.74 Å². The van der Waals surface area contributed by atoms with E-state index in [1.807, 2.05) is 60.7 Å². The molecule has 0 spiro atoms. The zero-order valence-corrected chi connectivity index (χ0v) is 16.7. The lowest BCUT2D eigenvalue weighted by Gasteiger charge is -2.07. The molecule has 6 nitrogen and oxygen atoms in total. The van der Waals surface area contributed by atoms with Gasteiger partial charge >= 0.3 is 0 Å². The van der Waals surface area contributed by atoms with Crippen LogP contribution in [-0.2, 0) is 0 Å². The maximum absolute atomic E-state index is 13.4. The lowest BCUT2D eigenvalue weighted by atomic mass is 10.0. The van der Waals surface area contributed by atoms with Crippen LogP contribution in [0.5, 0.6) is 11.6 Å². The Kier molecular flexibility index (Phi) is 4.52. The van der Waals surface area contributed by atoms with Gasteiger partial charge in [-0.1, -0.05) is 72.8 Å². The van der Waals surface area contributed by atoms with Crippen molar-refractivity contribution in [3.05, 3.63) is 95.3 Å². The van der Waals surface area contributed by atoms with Gasteiger partial charge in [0.15, 0.2) is 0 Å². The summed E-state index contributed by atoms with van der Waals surface area (Å²) in [5, 5.41) is 15.4. The number of nitrogens with one attached hydrogen (secondary N) is 1. The second-order valence-electron chi connectivity index (χ2n) is 7.10. The van der Waals surface area contributed by atoms with Crippen LogP contribution in [0.25, 0.3) is 39.2 Å². The quantitative estimate of drug-likeness (QED) is 0.449. The second kappa shape index (κ2) is 7.50. The Morgan fingerprint density at radius 1 is 0.806 bits per heavy atom. The van der Waals surface area contributed by atoms with E-state index in [2.05, 4.69) is 10.1 Å². The fourth-order valence-corrected chi connectivity index (χ4v) is 3.76. The summed E-state index contributed by atoms with van der Waals surface area (Å²) >= 11 is 0. The second-order valence-corrected chi connectivity index (χ2v) is 7.10. The highest BCUT2D eigenvalue weighted by Gasteiger charge is 2.22. The van der Waals surface area contributed by atoms with Gasteiger partial charge in [0.05, 0.1) is 12.7 Å². The summed E-state index contributed by atoms with van der Waals surface area (Å²) in [6, 6.07) is 26.3. The Hall–Kier alpha value is -4.32. The van der Waals surface area contributed by atoms with Gasteiger partial charge in [0.1, 0.15) is 22.7 Å². The Balaban J connectivity index is 1.82. The number of ether oxygens (including phenoxy) is 1. The first kappa shape index (κ1) is 18.7. The first-order valence-electron chi connectivity index (χ1n) is 9.80. The van der Waals surface area contributed by atoms with E-state index < -0.39 is 5.56 Å². The van der Waals surface area contributed by atoms with Crippen molar-refractivity contribution >= 4 is 5.65 Å². The fraction of sp³-hybridized carbons (Fsp3) is 0.0400. The summed E-state index contributed by atoms with van der Waals surface area (Å²) < 4.78 is 6.51. The number of H-pyrrole nitrogens is 1. The third kappa shape index (κ3) is 3.14. The van der Waals surface area contributed by atoms with Crippen LogP contribution >= 0.6 is 0 Å².